The second-order valence-corrected chi connectivity index (χ2v) is 6.57. The molecule has 110 valence electrons. The van der Waals surface area contributed by atoms with E-state index in [2.05, 4.69) is 0 Å². The lowest BCUT2D eigenvalue weighted by Crippen LogP contribution is -2.61. The Labute approximate surface area is 112 Å². The maximum absolute atomic E-state index is 13.6. The first-order valence-electron chi connectivity index (χ1n) is 6.66. The summed E-state index contributed by atoms with van der Waals surface area (Å²) in [5.41, 5.74) is -1.14. The third-order valence-electron chi connectivity index (χ3n) is 4.02. The van der Waals surface area contributed by atoms with Gasteiger partial charge >= 0.3 is 0 Å². The van der Waals surface area contributed by atoms with E-state index in [1.807, 2.05) is 0 Å². The maximum atomic E-state index is 13.6. The van der Waals surface area contributed by atoms with Crippen LogP contribution in [0.1, 0.15) is 34.1 Å². The van der Waals surface area contributed by atoms with Gasteiger partial charge in [0.25, 0.3) is 0 Å². The Balaban J connectivity index is 1.92. The second kappa shape index (κ2) is 3.89. The number of fused-ring (bicyclic) bond motifs is 2. The summed E-state index contributed by atoms with van der Waals surface area (Å²) in [4.78, 5) is 0. The summed E-state index contributed by atoms with van der Waals surface area (Å²) in [6.07, 6.45) is -2.25. The number of ether oxygens (including phenoxy) is 4. The fourth-order valence-corrected chi connectivity index (χ4v) is 3.50. The van der Waals surface area contributed by atoms with Crippen LogP contribution in [0.2, 0.25) is 0 Å². The first-order valence-corrected chi connectivity index (χ1v) is 6.66. The van der Waals surface area contributed by atoms with E-state index in [0.29, 0.717) is 6.42 Å². The van der Waals surface area contributed by atoms with E-state index in [1.165, 1.54) is 0 Å². The van der Waals surface area contributed by atoms with E-state index in [-0.39, 0.29) is 6.10 Å². The van der Waals surface area contributed by atoms with Gasteiger partial charge in [-0.2, -0.15) is 0 Å². The van der Waals surface area contributed by atoms with Gasteiger partial charge in [0.05, 0.1) is 6.10 Å². The summed E-state index contributed by atoms with van der Waals surface area (Å²) in [5, 5.41) is 10.4. The zero-order chi connectivity index (χ0) is 14.1. The van der Waals surface area contributed by atoms with Crippen molar-refractivity contribution in [1.82, 2.24) is 0 Å². The normalized spacial score (nSPS) is 50.8. The molecule has 2 saturated heterocycles. The molecule has 0 aromatic rings. The van der Waals surface area contributed by atoms with Crippen LogP contribution >= 0.6 is 0 Å². The standard InChI is InChI=1S/C13H21FO5/c1-11(2)16-7-5-13(6-14)10(8(15)9(7)17-11)18-12(3,4)19-13/h7-10,15H,5-6H2,1-4H3/t7-,8-,9-,10+,13+/m1/s1. The Morgan fingerprint density at radius 2 is 1.79 bits per heavy atom. The second-order valence-electron chi connectivity index (χ2n) is 6.57. The molecule has 3 fully saturated rings. The molecule has 0 aromatic heterocycles. The lowest BCUT2D eigenvalue weighted by molar-refractivity contribution is -0.182. The molecule has 1 N–H and O–H groups in total. The van der Waals surface area contributed by atoms with Crippen LogP contribution in [0.3, 0.4) is 0 Å². The van der Waals surface area contributed by atoms with E-state index in [0.717, 1.165) is 0 Å². The summed E-state index contributed by atoms with van der Waals surface area (Å²) < 4.78 is 36.5. The minimum Gasteiger partial charge on any atom is -0.387 e. The molecule has 6 heteroatoms. The Hall–Kier alpha value is -0.270. The SMILES string of the molecule is CC1(C)O[C@H]2[C@@H](O)[C@@H]3OC(C)(C)O[C@]3(CF)C[C@H]2O1. The van der Waals surface area contributed by atoms with Gasteiger partial charge in [0.1, 0.15) is 30.6 Å². The average Bonchev–Trinajstić information content (AvgIpc) is 2.72. The summed E-state index contributed by atoms with van der Waals surface area (Å²) in [5.74, 6) is -1.69. The van der Waals surface area contributed by atoms with Gasteiger partial charge in [-0.1, -0.05) is 0 Å². The van der Waals surface area contributed by atoms with Crippen molar-refractivity contribution in [3.63, 3.8) is 0 Å². The van der Waals surface area contributed by atoms with Crippen LogP contribution in [0.15, 0.2) is 0 Å². The van der Waals surface area contributed by atoms with Crippen molar-refractivity contribution in [2.45, 2.75) is 75.7 Å². The number of hydrogen-bond donors (Lipinski definition) is 1. The zero-order valence-electron chi connectivity index (χ0n) is 11.7. The number of alkyl halides is 1. The van der Waals surface area contributed by atoms with Gasteiger partial charge in [-0.15, -0.1) is 0 Å². The van der Waals surface area contributed by atoms with E-state index < -0.39 is 42.2 Å². The summed E-state index contributed by atoms with van der Waals surface area (Å²) in [6.45, 7) is 6.28. The minimum absolute atomic E-state index is 0.322. The zero-order valence-corrected chi connectivity index (χ0v) is 11.7. The van der Waals surface area contributed by atoms with Crippen LogP contribution in [0, 0.1) is 0 Å². The number of aliphatic hydroxyl groups excluding tert-OH is 1. The van der Waals surface area contributed by atoms with E-state index in [1.54, 1.807) is 27.7 Å². The molecule has 0 amide bonds. The third-order valence-corrected chi connectivity index (χ3v) is 4.02. The van der Waals surface area contributed by atoms with Gasteiger partial charge in [0.2, 0.25) is 0 Å². The van der Waals surface area contributed by atoms with Gasteiger partial charge < -0.3 is 24.1 Å². The fraction of sp³-hybridized carbons (Fsp3) is 1.00. The van der Waals surface area contributed by atoms with Crippen LogP contribution in [-0.2, 0) is 18.9 Å². The quantitative estimate of drug-likeness (QED) is 0.778. The topological polar surface area (TPSA) is 57.2 Å². The van der Waals surface area contributed by atoms with Gasteiger partial charge in [0.15, 0.2) is 11.6 Å². The molecule has 0 unspecified atom stereocenters. The fourth-order valence-electron chi connectivity index (χ4n) is 3.50. The van der Waals surface area contributed by atoms with Gasteiger partial charge in [-0.3, -0.25) is 0 Å². The molecular formula is C13H21FO5. The Morgan fingerprint density at radius 1 is 1.11 bits per heavy atom. The van der Waals surface area contributed by atoms with Crippen LogP contribution in [0.25, 0.3) is 0 Å². The molecule has 0 aromatic carbocycles. The molecule has 2 aliphatic heterocycles. The highest BCUT2D eigenvalue weighted by Gasteiger charge is 2.65. The highest BCUT2D eigenvalue weighted by Crippen LogP contribution is 2.49. The Morgan fingerprint density at radius 3 is 2.42 bits per heavy atom. The maximum Gasteiger partial charge on any atom is 0.164 e. The summed E-state index contributed by atoms with van der Waals surface area (Å²) >= 11 is 0. The highest BCUT2D eigenvalue weighted by atomic mass is 19.1. The van der Waals surface area contributed by atoms with Crippen LogP contribution in [0.5, 0.6) is 0 Å². The van der Waals surface area contributed by atoms with E-state index in [9.17, 15) is 9.50 Å². The monoisotopic (exact) mass is 276 g/mol. The molecule has 5 nitrogen and oxygen atoms in total. The molecule has 3 rings (SSSR count). The van der Waals surface area contributed by atoms with E-state index in [4.69, 9.17) is 18.9 Å². The molecule has 2 heterocycles. The predicted molar refractivity (Wildman–Crippen MR) is 63.2 cm³/mol. The lowest BCUT2D eigenvalue weighted by atomic mass is 9.78. The van der Waals surface area contributed by atoms with E-state index >= 15 is 0 Å². The van der Waals surface area contributed by atoms with Crippen LogP contribution < -0.4 is 0 Å². The van der Waals surface area contributed by atoms with Gasteiger partial charge in [0, 0.05) is 6.42 Å². The minimum atomic E-state index is -1.14. The molecule has 0 spiro atoms. The number of aliphatic hydroxyl groups is 1. The lowest BCUT2D eigenvalue weighted by Gasteiger charge is -2.41. The van der Waals surface area contributed by atoms with Gasteiger partial charge in [-0.25, -0.2) is 4.39 Å². The first kappa shape index (κ1) is 13.7. The van der Waals surface area contributed by atoms with Crippen molar-refractivity contribution in [2.24, 2.45) is 0 Å². The molecular weight excluding hydrogens is 255 g/mol. The molecule has 3 aliphatic rings. The number of rotatable bonds is 1. The third kappa shape index (κ3) is 2.01. The van der Waals surface area contributed by atoms with Crippen molar-refractivity contribution in [1.29, 1.82) is 0 Å². The van der Waals surface area contributed by atoms with Crippen molar-refractivity contribution in [3.8, 4) is 0 Å². The van der Waals surface area contributed by atoms with Crippen LogP contribution in [0.4, 0.5) is 4.39 Å². The predicted octanol–water partition coefficient (Wildman–Crippen LogP) is 1.13. The molecule has 0 radical (unpaired) electrons. The molecule has 0 bridgehead atoms. The first-order chi connectivity index (χ1) is 8.68. The van der Waals surface area contributed by atoms with Crippen molar-refractivity contribution < 1.29 is 28.4 Å². The molecule has 1 saturated carbocycles. The number of hydrogen-bond acceptors (Lipinski definition) is 5. The number of halogens is 1. The van der Waals surface area contributed by atoms with Crippen molar-refractivity contribution in [3.05, 3.63) is 0 Å². The average molecular weight is 276 g/mol. The van der Waals surface area contributed by atoms with Crippen LogP contribution in [-0.4, -0.2) is 53.4 Å². The smallest absolute Gasteiger partial charge is 0.164 e. The summed E-state index contributed by atoms with van der Waals surface area (Å²) in [7, 11) is 0. The highest BCUT2D eigenvalue weighted by molar-refractivity contribution is 5.10. The molecule has 19 heavy (non-hydrogen) atoms. The molecule has 5 atom stereocenters. The van der Waals surface area contributed by atoms with Crippen molar-refractivity contribution in [2.75, 3.05) is 6.67 Å². The Bertz CT molecular complexity index is 385. The molecule has 1 aliphatic carbocycles. The van der Waals surface area contributed by atoms with Crippen molar-refractivity contribution >= 4 is 0 Å². The summed E-state index contributed by atoms with van der Waals surface area (Å²) in [6, 6.07) is 0. The largest absolute Gasteiger partial charge is 0.387 e. The van der Waals surface area contributed by atoms with Gasteiger partial charge in [-0.05, 0) is 27.7 Å². The Kier molecular flexibility index (Phi) is 2.80.